The zero-order valence-electron chi connectivity index (χ0n) is 13.4. The Morgan fingerprint density at radius 1 is 1.20 bits per heavy atom. The first-order valence-corrected chi connectivity index (χ1v) is 8.00. The van der Waals surface area contributed by atoms with Gasteiger partial charge in [0.2, 0.25) is 0 Å². The minimum absolute atomic E-state index is 0.0702. The fourth-order valence-corrected chi connectivity index (χ4v) is 2.99. The van der Waals surface area contributed by atoms with E-state index >= 15 is 0 Å². The molecule has 2 heterocycles. The molecule has 2 N–H and O–H groups in total. The van der Waals surface area contributed by atoms with Crippen LogP contribution in [0.4, 0.5) is 19.0 Å². The summed E-state index contributed by atoms with van der Waals surface area (Å²) in [6.45, 7) is 2.96. The summed E-state index contributed by atoms with van der Waals surface area (Å²) in [5, 5.41) is 4.03. The first-order valence-electron chi connectivity index (χ1n) is 7.62. The van der Waals surface area contributed by atoms with Crippen molar-refractivity contribution in [1.82, 2.24) is 9.97 Å². The number of alkyl halides is 3. The van der Waals surface area contributed by atoms with Gasteiger partial charge in [-0.05, 0) is 30.2 Å². The van der Waals surface area contributed by atoms with E-state index in [0.717, 1.165) is 0 Å². The van der Waals surface area contributed by atoms with Crippen LogP contribution in [-0.2, 0) is 0 Å². The maximum Gasteiger partial charge on any atom is 0.408 e. The second-order valence-corrected chi connectivity index (χ2v) is 6.56. The Bertz CT molecular complexity index is 998. The van der Waals surface area contributed by atoms with Crippen LogP contribution in [0.5, 0.6) is 0 Å². The molecule has 0 aliphatic heterocycles. The van der Waals surface area contributed by atoms with Gasteiger partial charge in [0.1, 0.15) is 11.9 Å². The van der Waals surface area contributed by atoms with Crippen LogP contribution >= 0.6 is 11.6 Å². The summed E-state index contributed by atoms with van der Waals surface area (Å²) in [4.78, 5) is 19.0. The fraction of sp³-hybridized carbons (Fsp3) is 0.294. The van der Waals surface area contributed by atoms with Crippen LogP contribution in [0.25, 0.3) is 21.7 Å². The van der Waals surface area contributed by atoms with Gasteiger partial charge in [0.25, 0.3) is 5.56 Å². The maximum absolute atomic E-state index is 13.3. The molecule has 0 fully saturated rings. The van der Waals surface area contributed by atoms with Crippen molar-refractivity contribution in [1.29, 1.82) is 0 Å². The van der Waals surface area contributed by atoms with Gasteiger partial charge in [-0.15, -0.1) is 0 Å². The summed E-state index contributed by atoms with van der Waals surface area (Å²) < 4.78 is 40.0. The lowest BCUT2D eigenvalue weighted by atomic mass is 10.0. The third-order valence-corrected chi connectivity index (χ3v) is 4.22. The normalized spacial score (nSPS) is 13.6. The number of hydrogen-bond donors (Lipinski definition) is 2. The van der Waals surface area contributed by atoms with E-state index in [0.29, 0.717) is 26.7 Å². The molecule has 3 aromatic rings. The minimum atomic E-state index is -4.43. The van der Waals surface area contributed by atoms with Gasteiger partial charge < -0.3 is 10.3 Å². The predicted molar refractivity (Wildman–Crippen MR) is 93.2 cm³/mol. The highest BCUT2D eigenvalue weighted by Gasteiger charge is 2.42. The Balaban J connectivity index is 2.29. The summed E-state index contributed by atoms with van der Waals surface area (Å²) in [5.74, 6) is -0.625. The Labute approximate surface area is 146 Å². The summed E-state index contributed by atoms with van der Waals surface area (Å²) in [7, 11) is 0. The summed E-state index contributed by atoms with van der Waals surface area (Å²) >= 11 is 6.02. The predicted octanol–water partition coefficient (Wildman–Crippen LogP) is 4.73. The van der Waals surface area contributed by atoms with Crippen LogP contribution in [0.1, 0.15) is 13.8 Å². The zero-order chi connectivity index (χ0) is 18.4. The molecule has 0 spiro atoms. The molecule has 0 radical (unpaired) electrons. The molecule has 132 valence electrons. The fourth-order valence-electron chi connectivity index (χ4n) is 2.82. The number of hydrogen-bond acceptors (Lipinski definition) is 3. The lowest BCUT2D eigenvalue weighted by Crippen LogP contribution is -2.40. The number of rotatable bonds is 3. The van der Waals surface area contributed by atoms with E-state index in [9.17, 15) is 18.0 Å². The first-order chi connectivity index (χ1) is 11.7. The quantitative estimate of drug-likeness (QED) is 0.656. The standard InChI is InChI=1S/C17H15ClF3N3O/c1-8(2)14(17(19,20)21)24-15-10-4-3-9(18)7-11(10)13-12(23-15)5-6-22-16(13)25/h3-8,14H,1-2H3,(H,22,25)(H,23,24)/t14-/m1/s1. The summed E-state index contributed by atoms with van der Waals surface area (Å²) in [6.07, 6.45) is -3.03. The van der Waals surface area contributed by atoms with Crippen molar-refractivity contribution >= 4 is 39.1 Å². The molecule has 25 heavy (non-hydrogen) atoms. The second-order valence-electron chi connectivity index (χ2n) is 6.12. The minimum Gasteiger partial charge on any atom is -0.358 e. The topological polar surface area (TPSA) is 57.8 Å². The molecule has 4 nitrogen and oxygen atoms in total. The van der Waals surface area contributed by atoms with Gasteiger partial charge in [-0.2, -0.15) is 13.2 Å². The third-order valence-electron chi connectivity index (χ3n) is 3.99. The Morgan fingerprint density at radius 3 is 2.56 bits per heavy atom. The lowest BCUT2D eigenvalue weighted by molar-refractivity contribution is -0.150. The highest BCUT2D eigenvalue weighted by atomic mass is 35.5. The molecule has 1 atom stereocenters. The number of aromatic amines is 1. The Hall–Kier alpha value is -2.28. The van der Waals surface area contributed by atoms with Crippen LogP contribution < -0.4 is 10.9 Å². The van der Waals surface area contributed by atoms with E-state index in [2.05, 4.69) is 15.3 Å². The van der Waals surface area contributed by atoms with Gasteiger partial charge >= 0.3 is 6.18 Å². The van der Waals surface area contributed by atoms with Crippen molar-refractivity contribution in [3.63, 3.8) is 0 Å². The lowest BCUT2D eigenvalue weighted by Gasteiger charge is -2.26. The number of nitrogens with one attached hydrogen (secondary N) is 2. The van der Waals surface area contributed by atoms with Crippen molar-refractivity contribution in [3.8, 4) is 0 Å². The van der Waals surface area contributed by atoms with Crippen LogP contribution in [0, 0.1) is 5.92 Å². The first kappa shape index (κ1) is 17.5. The van der Waals surface area contributed by atoms with E-state index in [1.807, 2.05) is 0 Å². The van der Waals surface area contributed by atoms with Crippen LogP contribution in [-0.4, -0.2) is 22.2 Å². The molecule has 2 aromatic heterocycles. The molecule has 0 bridgehead atoms. The zero-order valence-corrected chi connectivity index (χ0v) is 14.2. The van der Waals surface area contributed by atoms with Crippen molar-refractivity contribution in [2.45, 2.75) is 26.1 Å². The van der Waals surface area contributed by atoms with Gasteiger partial charge in [0, 0.05) is 22.0 Å². The van der Waals surface area contributed by atoms with Crippen molar-refractivity contribution < 1.29 is 13.2 Å². The van der Waals surface area contributed by atoms with Crippen molar-refractivity contribution in [2.24, 2.45) is 5.92 Å². The number of aromatic nitrogens is 2. The molecular weight excluding hydrogens is 355 g/mol. The Morgan fingerprint density at radius 2 is 1.92 bits per heavy atom. The molecule has 0 aliphatic carbocycles. The van der Waals surface area contributed by atoms with E-state index in [1.165, 1.54) is 20.0 Å². The van der Waals surface area contributed by atoms with Gasteiger partial charge in [-0.3, -0.25) is 4.79 Å². The summed E-state index contributed by atoms with van der Waals surface area (Å²) in [5.41, 5.74) is -0.0780. The van der Waals surface area contributed by atoms with E-state index in [-0.39, 0.29) is 11.4 Å². The monoisotopic (exact) mass is 369 g/mol. The molecule has 0 aliphatic rings. The van der Waals surface area contributed by atoms with Gasteiger partial charge in [0.05, 0.1) is 10.9 Å². The smallest absolute Gasteiger partial charge is 0.358 e. The largest absolute Gasteiger partial charge is 0.408 e. The van der Waals surface area contributed by atoms with Crippen molar-refractivity contribution in [2.75, 3.05) is 5.32 Å². The highest BCUT2D eigenvalue weighted by Crippen LogP contribution is 2.33. The number of benzene rings is 1. The van der Waals surface area contributed by atoms with E-state index < -0.39 is 18.1 Å². The molecule has 8 heteroatoms. The number of pyridine rings is 2. The van der Waals surface area contributed by atoms with Gasteiger partial charge in [0.15, 0.2) is 0 Å². The molecule has 0 saturated heterocycles. The SMILES string of the molecule is CC(C)[C@@H](Nc1nc2cc[nH]c(=O)c2c2cc(Cl)ccc12)C(F)(F)F. The third kappa shape index (κ3) is 3.28. The van der Waals surface area contributed by atoms with Crippen LogP contribution in [0.3, 0.4) is 0 Å². The van der Waals surface area contributed by atoms with E-state index in [4.69, 9.17) is 11.6 Å². The number of fused-ring (bicyclic) bond motifs is 3. The summed E-state index contributed by atoms with van der Waals surface area (Å²) in [6, 6.07) is 4.45. The highest BCUT2D eigenvalue weighted by molar-refractivity contribution is 6.32. The van der Waals surface area contributed by atoms with E-state index in [1.54, 1.807) is 24.3 Å². The van der Waals surface area contributed by atoms with Gasteiger partial charge in [-0.25, -0.2) is 4.98 Å². The van der Waals surface area contributed by atoms with Gasteiger partial charge in [-0.1, -0.05) is 25.4 Å². The number of nitrogens with zero attached hydrogens (tertiary/aromatic N) is 1. The molecule has 0 saturated carbocycles. The average molecular weight is 370 g/mol. The number of halogens is 4. The Kier molecular flexibility index (Phi) is 4.36. The van der Waals surface area contributed by atoms with Crippen molar-refractivity contribution in [3.05, 3.63) is 45.8 Å². The van der Waals surface area contributed by atoms with Crippen LogP contribution in [0.15, 0.2) is 35.3 Å². The average Bonchev–Trinajstić information content (AvgIpc) is 2.50. The second kappa shape index (κ2) is 6.22. The molecule has 3 rings (SSSR count). The molecule has 0 amide bonds. The maximum atomic E-state index is 13.3. The number of H-pyrrole nitrogens is 1. The molecule has 1 aromatic carbocycles. The van der Waals surface area contributed by atoms with Crippen LogP contribution in [0.2, 0.25) is 5.02 Å². The number of anilines is 1. The molecular formula is C17H15ClF3N3O. The molecule has 0 unspecified atom stereocenters.